The summed E-state index contributed by atoms with van der Waals surface area (Å²) in [5.74, 6) is 0.463. The lowest BCUT2D eigenvalue weighted by Gasteiger charge is -2.45. The molecule has 0 saturated heterocycles. The fraction of sp³-hybridized carbons (Fsp3) is 0.824. The van der Waals surface area contributed by atoms with E-state index in [1.54, 1.807) is 0 Å². The molecule has 0 aromatic rings. The van der Waals surface area contributed by atoms with Crippen LogP contribution < -0.4 is 0 Å². The largest absolute Gasteiger partial charge is 0.461 e. The monoisotopic (exact) mass is 262 g/mol. The van der Waals surface area contributed by atoms with Gasteiger partial charge in [-0.2, -0.15) is 0 Å². The van der Waals surface area contributed by atoms with E-state index in [1.807, 2.05) is 0 Å². The van der Waals surface area contributed by atoms with Crippen LogP contribution in [-0.4, -0.2) is 12.6 Å². The molecule has 0 unspecified atom stereocenters. The fourth-order valence-corrected chi connectivity index (χ4v) is 5.51. The molecule has 2 saturated carbocycles. The van der Waals surface area contributed by atoms with Gasteiger partial charge in [0.05, 0.1) is 0 Å². The van der Waals surface area contributed by atoms with Gasteiger partial charge in [-0.15, -0.1) is 0 Å². The van der Waals surface area contributed by atoms with E-state index >= 15 is 0 Å². The number of hydrogen-bond acceptors (Lipinski definition) is 2. The van der Waals surface area contributed by atoms with Crippen molar-refractivity contribution in [2.75, 3.05) is 6.61 Å². The Bertz CT molecular complexity index is 452. The maximum atomic E-state index is 11.1. The molecule has 0 N–H and O–H groups in total. The molecular weight excluding hydrogens is 236 g/mol. The topological polar surface area (TPSA) is 26.3 Å². The van der Waals surface area contributed by atoms with Crippen molar-refractivity contribution in [2.45, 2.75) is 59.8 Å². The number of esters is 1. The van der Waals surface area contributed by atoms with Gasteiger partial charge in [0.25, 0.3) is 0 Å². The summed E-state index contributed by atoms with van der Waals surface area (Å²) < 4.78 is 5.28. The fourth-order valence-electron chi connectivity index (χ4n) is 5.51. The second kappa shape index (κ2) is 3.86. The minimum absolute atomic E-state index is 0.161. The number of carbonyl (C=O) groups excluding carboxylic acids is 1. The zero-order valence-electron chi connectivity index (χ0n) is 12.7. The number of hydrogen-bond donors (Lipinski definition) is 0. The van der Waals surface area contributed by atoms with Crippen LogP contribution in [0.15, 0.2) is 11.6 Å². The lowest BCUT2D eigenvalue weighted by Crippen LogP contribution is -2.39. The van der Waals surface area contributed by atoms with Crippen LogP contribution in [0.2, 0.25) is 0 Å². The van der Waals surface area contributed by atoms with Gasteiger partial charge in [-0.25, -0.2) is 0 Å². The first-order valence-electron chi connectivity index (χ1n) is 7.65. The molecule has 0 spiro atoms. The molecule has 0 amide bonds. The first-order chi connectivity index (χ1) is 8.82. The molecule has 2 nitrogen and oxygen atoms in total. The minimum atomic E-state index is -0.161. The highest BCUT2D eigenvalue weighted by molar-refractivity contribution is 5.66. The van der Waals surface area contributed by atoms with E-state index in [0.29, 0.717) is 28.8 Å². The summed E-state index contributed by atoms with van der Waals surface area (Å²) in [7, 11) is 0. The lowest BCUT2D eigenvalue weighted by molar-refractivity contribution is -0.140. The SMILES string of the molecule is CC(=O)OCC1=CC[C@]2(C)C[C@H]1[C@]1(C)CCC[C@]21C. The minimum Gasteiger partial charge on any atom is -0.461 e. The number of allylic oxidation sites excluding steroid dienone is 1. The van der Waals surface area contributed by atoms with Gasteiger partial charge in [0.15, 0.2) is 0 Å². The van der Waals surface area contributed by atoms with Crippen molar-refractivity contribution in [3.8, 4) is 0 Å². The van der Waals surface area contributed by atoms with Gasteiger partial charge in [0, 0.05) is 6.92 Å². The molecule has 19 heavy (non-hydrogen) atoms. The first-order valence-corrected chi connectivity index (χ1v) is 7.65. The van der Waals surface area contributed by atoms with E-state index in [4.69, 9.17) is 4.74 Å². The van der Waals surface area contributed by atoms with Crippen molar-refractivity contribution in [1.82, 2.24) is 0 Å². The van der Waals surface area contributed by atoms with Gasteiger partial charge in [0.1, 0.15) is 6.61 Å². The third-order valence-corrected chi connectivity index (χ3v) is 7.09. The van der Waals surface area contributed by atoms with Gasteiger partial charge in [-0.3, -0.25) is 4.79 Å². The number of ether oxygens (including phenoxy) is 1. The van der Waals surface area contributed by atoms with Crippen molar-refractivity contribution in [3.63, 3.8) is 0 Å². The van der Waals surface area contributed by atoms with Crippen molar-refractivity contribution >= 4 is 5.97 Å². The lowest BCUT2D eigenvalue weighted by atomic mass is 9.59. The summed E-state index contributed by atoms with van der Waals surface area (Å²) in [6.07, 6.45) is 8.89. The van der Waals surface area contributed by atoms with Gasteiger partial charge in [0.2, 0.25) is 0 Å². The maximum absolute atomic E-state index is 11.1. The molecule has 0 aromatic carbocycles. The standard InChI is InChI=1S/C17H26O2/c1-12(18)19-11-13-6-9-15(2)10-14(13)16(3)7-5-8-17(15,16)4/h6,14H,5,7-11H2,1-4H3/t14-,15-,16+,17-/m1/s1. The molecule has 2 heteroatoms. The molecule has 2 bridgehead atoms. The van der Waals surface area contributed by atoms with Crippen LogP contribution in [-0.2, 0) is 9.53 Å². The normalized spacial score (nSPS) is 47.8. The summed E-state index contributed by atoms with van der Waals surface area (Å²) in [6, 6.07) is 0. The third kappa shape index (κ3) is 1.52. The molecule has 2 fully saturated rings. The van der Waals surface area contributed by atoms with Crippen LogP contribution in [0, 0.1) is 22.2 Å². The molecule has 3 aliphatic rings. The zero-order valence-corrected chi connectivity index (χ0v) is 12.7. The van der Waals surface area contributed by atoms with Crippen LogP contribution in [0.1, 0.15) is 59.8 Å². The van der Waals surface area contributed by atoms with E-state index in [9.17, 15) is 4.79 Å². The van der Waals surface area contributed by atoms with Gasteiger partial charge in [-0.05, 0) is 53.4 Å². The number of rotatable bonds is 2. The van der Waals surface area contributed by atoms with E-state index in [2.05, 4.69) is 26.8 Å². The Kier molecular flexibility index (Phi) is 2.69. The quantitative estimate of drug-likeness (QED) is 0.553. The Morgan fingerprint density at radius 3 is 2.79 bits per heavy atom. The Morgan fingerprint density at radius 2 is 2.11 bits per heavy atom. The highest BCUT2D eigenvalue weighted by Crippen LogP contribution is 2.76. The Morgan fingerprint density at radius 1 is 1.37 bits per heavy atom. The van der Waals surface area contributed by atoms with Gasteiger partial charge < -0.3 is 4.74 Å². The molecular formula is C17H26O2. The molecule has 106 valence electrons. The average molecular weight is 262 g/mol. The summed E-state index contributed by atoms with van der Waals surface area (Å²) in [5, 5.41) is 0. The number of carbonyl (C=O) groups is 1. The highest BCUT2D eigenvalue weighted by Gasteiger charge is 2.68. The maximum Gasteiger partial charge on any atom is 0.302 e. The van der Waals surface area contributed by atoms with Crippen molar-refractivity contribution in [1.29, 1.82) is 0 Å². The van der Waals surface area contributed by atoms with Crippen molar-refractivity contribution in [3.05, 3.63) is 11.6 Å². The summed E-state index contributed by atoms with van der Waals surface area (Å²) >= 11 is 0. The van der Waals surface area contributed by atoms with Crippen LogP contribution in [0.5, 0.6) is 0 Å². The molecule has 0 aromatic heterocycles. The van der Waals surface area contributed by atoms with Crippen LogP contribution in [0.4, 0.5) is 0 Å². The second-order valence-electron chi connectivity index (χ2n) is 7.68. The first kappa shape index (κ1) is 13.2. The molecule has 0 radical (unpaired) electrons. The van der Waals surface area contributed by atoms with Crippen molar-refractivity contribution in [2.24, 2.45) is 22.2 Å². The van der Waals surface area contributed by atoms with Gasteiger partial charge >= 0.3 is 5.97 Å². The summed E-state index contributed by atoms with van der Waals surface area (Å²) in [6.45, 7) is 9.51. The predicted molar refractivity (Wildman–Crippen MR) is 75.6 cm³/mol. The molecule has 0 aliphatic heterocycles. The van der Waals surface area contributed by atoms with Crippen LogP contribution in [0.25, 0.3) is 0 Å². The number of fused-ring (bicyclic) bond motifs is 5. The highest BCUT2D eigenvalue weighted by atomic mass is 16.5. The average Bonchev–Trinajstić information content (AvgIpc) is 2.71. The molecule has 0 heterocycles. The summed E-state index contributed by atoms with van der Waals surface area (Å²) in [4.78, 5) is 11.1. The van der Waals surface area contributed by atoms with Crippen LogP contribution in [0.3, 0.4) is 0 Å². The van der Waals surface area contributed by atoms with E-state index in [0.717, 1.165) is 6.42 Å². The van der Waals surface area contributed by atoms with E-state index < -0.39 is 0 Å². The Hall–Kier alpha value is -0.790. The predicted octanol–water partition coefficient (Wildman–Crippen LogP) is 4.10. The smallest absolute Gasteiger partial charge is 0.302 e. The molecule has 3 aliphatic carbocycles. The van der Waals surface area contributed by atoms with Gasteiger partial charge in [-0.1, -0.05) is 33.3 Å². The Labute approximate surface area is 116 Å². The van der Waals surface area contributed by atoms with E-state index in [-0.39, 0.29) is 5.97 Å². The molecule has 4 atom stereocenters. The Balaban J connectivity index is 1.93. The van der Waals surface area contributed by atoms with Crippen molar-refractivity contribution < 1.29 is 9.53 Å². The molecule has 3 rings (SSSR count). The van der Waals surface area contributed by atoms with E-state index in [1.165, 1.54) is 38.2 Å². The van der Waals surface area contributed by atoms with Crippen LogP contribution >= 0.6 is 0 Å². The summed E-state index contributed by atoms with van der Waals surface area (Å²) in [5.41, 5.74) is 2.70. The zero-order chi connectivity index (χ0) is 13.9. The second-order valence-corrected chi connectivity index (χ2v) is 7.68. The third-order valence-electron chi connectivity index (χ3n) is 7.09.